The number of nitrogens with zero attached hydrogens (tertiary/aromatic N) is 2. The van der Waals surface area contributed by atoms with Gasteiger partial charge in [-0.1, -0.05) is 17.7 Å². The lowest BCUT2D eigenvalue weighted by molar-refractivity contribution is -0.891. The van der Waals surface area contributed by atoms with Gasteiger partial charge in [-0.2, -0.15) is 4.31 Å². The van der Waals surface area contributed by atoms with E-state index < -0.39 is 10.0 Å². The van der Waals surface area contributed by atoms with Crippen molar-refractivity contribution in [1.82, 2.24) is 9.21 Å². The lowest BCUT2D eigenvalue weighted by Gasteiger charge is -2.34. The SMILES string of the molecule is Cc1ccc(S(=O)(=O)N2CCN(C(=O)C[NH+]3CCCCCC3)CC2)cc1. The molecular formula is C19H30N3O3S+. The fourth-order valence-electron chi connectivity index (χ4n) is 3.77. The molecule has 1 amide bonds. The first kappa shape index (κ1) is 19.3. The summed E-state index contributed by atoms with van der Waals surface area (Å²) >= 11 is 0. The molecule has 0 atom stereocenters. The first-order chi connectivity index (χ1) is 12.5. The first-order valence-electron chi connectivity index (χ1n) is 9.65. The normalized spacial score (nSPS) is 20.7. The van der Waals surface area contributed by atoms with Crippen LogP contribution < -0.4 is 4.90 Å². The van der Waals surface area contributed by atoms with E-state index in [-0.39, 0.29) is 5.91 Å². The predicted molar refractivity (Wildman–Crippen MR) is 101 cm³/mol. The third-order valence-electron chi connectivity index (χ3n) is 5.46. The van der Waals surface area contributed by atoms with Crippen LogP contribution in [0.25, 0.3) is 0 Å². The molecule has 2 saturated heterocycles. The van der Waals surface area contributed by atoms with Gasteiger partial charge in [0.25, 0.3) is 5.91 Å². The minimum Gasteiger partial charge on any atom is -0.335 e. The van der Waals surface area contributed by atoms with Gasteiger partial charge in [0.05, 0.1) is 18.0 Å². The summed E-state index contributed by atoms with van der Waals surface area (Å²) in [6.45, 7) is 6.35. The molecular weight excluding hydrogens is 350 g/mol. The summed E-state index contributed by atoms with van der Waals surface area (Å²) in [5.41, 5.74) is 1.04. The van der Waals surface area contributed by atoms with Crippen LogP contribution in [0.3, 0.4) is 0 Å². The Labute approximate surface area is 156 Å². The van der Waals surface area contributed by atoms with Gasteiger partial charge in [0.15, 0.2) is 6.54 Å². The second kappa shape index (κ2) is 8.50. The number of carbonyl (C=O) groups excluding carboxylic acids is 1. The second-order valence-corrected chi connectivity index (χ2v) is 9.38. The zero-order valence-corrected chi connectivity index (χ0v) is 16.4. The number of likely N-dealkylation sites (tertiary alicyclic amines) is 1. The highest BCUT2D eigenvalue weighted by Crippen LogP contribution is 2.18. The molecule has 0 aromatic heterocycles. The van der Waals surface area contributed by atoms with E-state index in [1.54, 1.807) is 12.1 Å². The number of aryl methyl sites for hydroxylation is 1. The highest BCUT2D eigenvalue weighted by molar-refractivity contribution is 7.89. The number of amides is 1. The van der Waals surface area contributed by atoms with Crippen LogP contribution in [0.5, 0.6) is 0 Å². The quantitative estimate of drug-likeness (QED) is 0.817. The summed E-state index contributed by atoms with van der Waals surface area (Å²) in [6.07, 6.45) is 4.94. The van der Waals surface area contributed by atoms with Gasteiger partial charge in [0.2, 0.25) is 10.0 Å². The van der Waals surface area contributed by atoms with E-state index in [1.165, 1.54) is 34.9 Å². The summed E-state index contributed by atoms with van der Waals surface area (Å²) < 4.78 is 27.0. The number of hydrogen-bond acceptors (Lipinski definition) is 3. The van der Waals surface area contributed by atoms with Crippen LogP contribution in [-0.4, -0.2) is 69.3 Å². The van der Waals surface area contributed by atoms with Gasteiger partial charge >= 0.3 is 0 Å². The Morgan fingerprint density at radius 3 is 2.12 bits per heavy atom. The number of piperazine rings is 1. The number of hydrogen-bond donors (Lipinski definition) is 1. The molecule has 2 heterocycles. The maximum absolute atomic E-state index is 12.7. The second-order valence-electron chi connectivity index (χ2n) is 7.44. The Bertz CT molecular complexity index is 702. The van der Waals surface area contributed by atoms with Crippen molar-refractivity contribution in [2.75, 3.05) is 45.8 Å². The summed E-state index contributed by atoms with van der Waals surface area (Å²) in [7, 11) is -3.47. The van der Waals surface area contributed by atoms with Crippen LogP contribution in [0, 0.1) is 6.92 Å². The Kier molecular flexibility index (Phi) is 6.32. The number of benzene rings is 1. The number of sulfonamides is 1. The molecule has 1 N–H and O–H groups in total. The molecule has 3 rings (SSSR count). The predicted octanol–water partition coefficient (Wildman–Crippen LogP) is 0.287. The summed E-state index contributed by atoms with van der Waals surface area (Å²) in [4.78, 5) is 16.1. The summed E-state index contributed by atoms with van der Waals surface area (Å²) in [5.74, 6) is 0.161. The zero-order valence-electron chi connectivity index (χ0n) is 15.6. The third kappa shape index (κ3) is 4.64. The zero-order chi connectivity index (χ0) is 18.6. The Hall–Kier alpha value is -1.44. The molecule has 0 saturated carbocycles. The van der Waals surface area contributed by atoms with E-state index in [9.17, 15) is 13.2 Å². The van der Waals surface area contributed by atoms with Crippen LogP contribution in [0.4, 0.5) is 0 Å². The van der Waals surface area contributed by atoms with E-state index in [4.69, 9.17) is 0 Å². The van der Waals surface area contributed by atoms with Crippen molar-refractivity contribution >= 4 is 15.9 Å². The molecule has 144 valence electrons. The van der Waals surface area contributed by atoms with Gasteiger partial charge in [-0.15, -0.1) is 0 Å². The minimum atomic E-state index is -3.47. The molecule has 0 spiro atoms. The molecule has 0 radical (unpaired) electrons. The number of nitrogens with one attached hydrogen (secondary N) is 1. The van der Waals surface area contributed by atoms with Gasteiger partial charge in [0, 0.05) is 26.2 Å². The van der Waals surface area contributed by atoms with Crippen molar-refractivity contribution in [3.05, 3.63) is 29.8 Å². The molecule has 2 aliphatic heterocycles. The average molecular weight is 381 g/mol. The lowest BCUT2D eigenvalue weighted by Crippen LogP contribution is -3.13. The van der Waals surface area contributed by atoms with Crippen LogP contribution >= 0.6 is 0 Å². The minimum absolute atomic E-state index is 0.161. The Balaban J connectivity index is 1.54. The average Bonchev–Trinajstić information content (AvgIpc) is 2.91. The Morgan fingerprint density at radius 2 is 1.54 bits per heavy atom. The maximum Gasteiger partial charge on any atom is 0.277 e. The number of rotatable bonds is 4. The molecule has 26 heavy (non-hydrogen) atoms. The highest BCUT2D eigenvalue weighted by Gasteiger charge is 2.31. The molecule has 0 bridgehead atoms. The van der Waals surface area contributed by atoms with Crippen molar-refractivity contribution in [2.45, 2.75) is 37.5 Å². The van der Waals surface area contributed by atoms with E-state index in [2.05, 4.69) is 0 Å². The molecule has 1 aromatic carbocycles. The summed E-state index contributed by atoms with van der Waals surface area (Å²) in [5, 5.41) is 0. The molecule has 7 heteroatoms. The molecule has 2 aliphatic rings. The van der Waals surface area contributed by atoms with Crippen molar-refractivity contribution in [3.63, 3.8) is 0 Å². The largest absolute Gasteiger partial charge is 0.335 e. The first-order valence-corrected chi connectivity index (χ1v) is 11.1. The van der Waals surface area contributed by atoms with Crippen molar-refractivity contribution in [1.29, 1.82) is 0 Å². The standard InChI is InChI=1S/C19H29N3O3S/c1-17-6-8-18(9-7-17)26(24,25)22-14-12-21(13-15-22)19(23)16-20-10-4-2-3-5-11-20/h6-9H,2-5,10-16H2,1H3/p+1. The van der Waals surface area contributed by atoms with Crippen LogP contribution in [0.15, 0.2) is 29.2 Å². The van der Waals surface area contributed by atoms with Crippen molar-refractivity contribution < 1.29 is 18.1 Å². The number of carbonyl (C=O) groups is 1. The van der Waals surface area contributed by atoms with E-state index in [1.807, 2.05) is 24.0 Å². The smallest absolute Gasteiger partial charge is 0.277 e. The van der Waals surface area contributed by atoms with E-state index >= 15 is 0 Å². The van der Waals surface area contributed by atoms with Crippen LogP contribution in [0.1, 0.15) is 31.2 Å². The van der Waals surface area contributed by atoms with Crippen molar-refractivity contribution in [3.8, 4) is 0 Å². The third-order valence-corrected chi connectivity index (χ3v) is 7.37. The van der Waals surface area contributed by atoms with Gasteiger partial charge in [-0.3, -0.25) is 4.79 Å². The molecule has 0 unspecified atom stereocenters. The fourth-order valence-corrected chi connectivity index (χ4v) is 5.19. The Morgan fingerprint density at radius 1 is 0.962 bits per heavy atom. The van der Waals surface area contributed by atoms with Gasteiger partial charge in [-0.25, -0.2) is 8.42 Å². The van der Waals surface area contributed by atoms with E-state index in [0.717, 1.165) is 18.7 Å². The highest BCUT2D eigenvalue weighted by atomic mass is 32.2. The molecule has 1 aromatic rings. The number of quaternary nitrogens is 1. The van der Waals surface area contributed by atoms with Gasteiger partial charge in [0.1, 0.15) is 0 Å². The van der Waals surface area contributed by atoms with E-state index in [0.29, 0.717) is 37.6 Å². The summed E-state index contributed by atoms with van der Waals surface area (Å²) in [6, 6.07) is 6.95. The van der Waals surface area contributed by atoms with Gasteiger partial charge < -0.3 is 9.80 Å². The molecule has 6 nitrogen and oxygen atoms in total. The maximum atomic E-state index is 12.7. The van der Waals surface area contributed by atoms with Crippen LogP contribution in [0.2, 0.25) is 0 Å². The molecule has 0 aliphatic carbocycles. The van der Waals surface area contributed by atoms with Crippen LogP contribution in [-0.2, 0) is 14.8 Å². The molecule has 2 fully saturated rings. The van der Waals surface area contributed by atoms with Crippen molar-refractivity contribution in [2.24, 2.45) is 0 Å². The lowest BCUT2D eigenvalue weighted by atomic mass is 10.2. The topological polar surface area (TPSA) is 62.1 Å². The fraction of sp³-hybridized carbons (Fsp3) is 0.632. The monoisotopic (exact) mass is 380 g/mol. The van der Waals surface area contributed by atoms with Gasteiger partial charge in [-0.05, 0) is 44.7 Å².